The molecule has 0 aromatic carbocycles. The zero-order valence-electron chi connectivity index (χ0n) is 8.63. The molecule has 0 aliphatic heterocycles. The lowest BCUT2D eigenvalue weighted by molar-refractivity contribution is -0.275. The topological polar surface area (TPSA) is 71.9 Å². The first-order valence-electron chi connectivity index (χ1n) is 4.46. The Morgan fingerprint density at radius 3 is 2.44 bits per heavy atom. The van der Waals surface area contributed by atoms with Crippen molar-refractivity contribution < 1.29 is 26.7 Å². The average molecular weight is 267 g/mol. The second kappa shape index (κ2) is 5.14. The van der Waals surface area contributed by atoms with E-state index in [2.05, 4.69) is 9.72 Å². The van der Waals surface area contributed by atoms with Crippen molar-refractivity contribution in [2.24, 2.45) is 5.73 Å². The first kappa shape index (κ1) is 14.1. The summed E-state index contributed by atoms with van der Waals surface area (Å²) < 4.78 is 64.9. The van der Waals surface area contributed by atoms with Gasteiger partial charge in [0.25, 0.3) is 6.43 Å². The van der Waals surface area contributed by atoms with Gasteiger partial charge in [-0.25, -0.2) is 13.8 Å². The Labute approximate surface area is 97.8 Å². The van der Waals surface area contributed by atoms with Crippen molar-refractivity contribution >= 4 is 0 Å². The van der Waals surface area contributed by atoms with Crippen LogP contribution in [0.15, 0.2) is 6.07 Å². The lowest BCUT2D eigenvalue weighted by atomic mass is 10.1. The van der Waals surface area contributed by atoms with Crippen LogP contribution < -0.4 is 10.5 Å². The largest absolute Gasteiger partial charge is 0.573 e. The molecule has 0 radical (unpaired) electrons. The number of pyridine rings is 1. The molecule has 0 fully saturated rings. The fourth-order valence-corrected chi connectivity index (χ4v) is 1.24. The Bertz CT molecular complexity index is 480. The van der Waals surface area contributed by atoms with E-state index in [1.54, 1.807) is 0 Å². The summed E-state index contributed by atoms with van der Waals surface area (Å²) in [7, 11) is 0. The number of halogens is 5. The Balaban J connectivity index is 3.40. The van der Waals surface area contributed by atoms with E-state index in [-0.39, 0.29) is 0 Å². The van der Waals surface area contributed by atoms with Crippen LogP contribution in [0.1, 0.15) is 23.4 Å². The molecule has 0 aliphatic rings. The molecule has 9 heteroatoms. The Hall–Kier alpha value is -1.95. The van der Waals surface area contributed by atoms with E-state index in [4.69, 9.17) is 11.0 Å². The molecular formula is C9H6F5N3O. The van der Waals surface area contributed by atoms with Crippen molar-refractivity contribution in [3.05, 3.63) is 23.0 Å². The van der Waals surface area contributed by atoms with Gasteiger partial charge in [0.1, 0.15) is 17.5 Å². The molecule has 0 bridgehead atoms. The summed E-state index contributed by atoms with van der Waals surface area (Å²) in [5.74, 6) is -1.16. The smallest absolute Gasteiger partial charge is 0.405 e. The highest BCUT2D eigenvalue weighted by Crippen LogP contribution is 2.35. The molecule has 1 aromatic rings. The molecule has 0 atom stereocenters. The standard InChI is InChI=1S/C9H6F5N3O/c10-8(11)7-5(3-16)17-4(2-15)1-6(7)18-9(12,13)14/h1,8H,3,16H2. The Kier molecular flexibility index (Phi) is 4.03. The molecule has 0 spiro atoms. The predicted octanol–water partition coefficient (Wildman–Crippen LogP) is 2.25. The van der Waals surface area contributed by atoms with E-state index < -0.39 is 42.0 Å². The zero-order valence-corrected chi connectivity index (χ0v) is 8.63. The van der Waals surface area contributed by atoms with E-state index in [9.17, 15) is 22.0 Å². The number of hydrogen-bond acceptors (Lipinski definition) is 4. The van der Waals surface area contributed by atoms with Crippen molar-refractivity contribution in [1.82, 2.24) is 4.98 Å². The fourth-order valence-electron chi connectivity index (χ4n) is 1.24. The van der Waals surface area contributed by atoms with Crippen LogP contribution in [0, 0.1) is 11.3 Å². The Morgan fingerprint density at radius 2 is 2.06 bits per heavy atom. The van der Waals surface area contributed by atoms with Crippen molar-refractivity contribution in [3.8, 4) is 11.8 Å². The van der Waals surface area contributed by atoms with Crippen LogP contribution in [0.25, 0.3) is 0 Å². The molecule has 2 N–H and O–H groups in total. The molecule has 4 nitrogen and oxygen atoms in total. The molecule has 0 amide bonds. The van der Waals surface area contributed by atoms with Crippen LogP contribution in [0.5, 0.6) is 5.75 Å². The van der Waals surface area contributed by atoms with Crippen LogP contribution in [0.4, 0.5) is 22.0 Å². The van der Waals surface area contributed by atoms with Gasteiger partial charge in [-0.15, -0.1) is 13.2 Å². The molecular weight excluding hydrogens is 261 g/mol. The summed E-state index contributed by atoms with van der Waals surface area (Å²) in [6, 6.07) is 1.93. The molecule has 0 saturated carbocycles. The van der Waals surface area contributed by atoms with Gasteiger partial charge < -0.3 is 10.5 Å². The van der Waals surface area contributed by atoms with Gasteiger partial charge in [-0.1, -0.05) is 0 Å². The summed E-state index contributed by atoms with van der Waals surface area (Å²) in [6.07, 6.45) is -8.40. The third-order valence-electron chi connectivity index (χ3n) is 1.85. The van der Waals surface area contributed by atoms with Crippen LogP contribution in [-0.4, -0.2) is 11.3 Å². The summed E-state index contributed by atoms with van der Waals surface area (Å²) in [5.41, 5.74) is 3.04. The predicted molar refractivity (Wildman–Crippen MR) is 48.5 cm³/mol. The Morgan fingerprint density at radius 1 is 1.44 bits per heavy atom. The second-order valence-corrected chi connectivity index (χ2v) is 3.03. The molecule has 1 aromatic heterocycles. The van der Waals surface area contributed by atoms with Crippen molar-refractivity contribution in [2.45, 2.75) is 19.3 Å². The van der Waals surface area contributed by atoms with Crippen LogP contribution in [0.2, 0.25) is 0 Å². The lowest BCUT2D eigenvalue weighted by Crippen LogP contribution is -2.20. The van der Waals surface area contributed by atoms with E-state index in [0.717, 1.165) is 0 Å². The summed E-state index contributed by atoms with van der Waals surface area (Å²) >= 11 is 0. The normalized spacial score (nSPS) is 11.4. The quantitative estimate of drug-likeness (QED) is 0.852. The number of alkyl halides is 5. The van der Waals surface area contributed by atoms with Crippen LogP contribution >= 0.6 is 0 Å². The van der Waals surface area contributed by atoms with Gasteiger partial charge in [-0.05, 0) is 0 Å². The third kappa shape index (κ3) is 3.27. The third-order valence-corrected chi connectivity index (χ3v) is 1.85. The monoisotopic (exact) mass is 267 g/mol. The highest BCUT2D eigenvalue weighted by molar-refractivity contribution is 5.42. The molecule has 1 rings (SSSR count). The SMILES string of the molecule is N#Cc1cc(OC(F)(F)F)c(C(F)F)c(CN)n1. The maximum Gasteiger partial charge on any atom is 0.573 e. The van der Waals surface area contributed by atoms with Gasteiger partial charge in [0.2, 0.25) is 0 Å². The first-order valence-corrected chi connectivity index (χ1v) is 4.46. The molecule has 0 aliphatic carbocycles. The van der Waals surface area contributed by atoms with Gasteiger partial charge in [-0.2, -0.15) is 5.26 Å². The zero-order chi connectivity index (χ0) is 13.9. The van der Waals surface area contributed by atoms with Crippen LogP contribution in [-0.2, 0) is 6.54 Å². The highest BCUT2D eigenvalue weighted by atomic mass is 19.4. The molecule has 0 saturated heterocycles. The minimum absolute atomic E-state index is 0.487. The molecule has 1 heterocycles. The van der Waals surface area contributed by atoms with Gasteiger partial charge in [0.15, 0.2) is 0 Å². The number of rotatable bonds is 3. The summed E-state index contributed by atoms with van der Waals surface area (Å²) in [4.78, 5) is 3.41. The highest BCUT2D eigenvalue weighted by Gasteiger charge is 2.34. The number of nitrogens with zero attached hydrogens (tertiary/aromatic N) is 2. The van der Waals surface area contributed by atoms with E-state index in [1.165, 1.54) is 6.07 Å². The summed E-state index contributed by atoms with van der Waals surface area (Å²) in [6.45, 7) is -0.538. The number of hydrogen-bond donors (Lipinski definition) is 1. The van der Waals surface area contributed by atoms with Crippen molar-refractivity contribution in [2.75, 3.05) is 0 Å². The summed E-state index contributed by atoms with van der Waals surface area (Å²) in [5, 5.41) is 8.53. The maximum atomic E-state index is 12.7. The van der Waals surface area contributed by atoms with Crippen molar-refractivity contribution in [1.29, 1.82) is 5.26 Å². The van der Waals surface area contributed by atoms with Gasteiger partial charge >= 0.3 is 6.36 Å². The lowest BCUT2D eigenvalue weighted by Gasteiger charge is -2.15. The van der Waals surface area contributed by atoms with Gasteiger partial charge in [0.05, 0.1) is 11.3 Å². The second-order valence-electron chi connectivity index (χ2n) is 3.03. The number of nitrogens with two attached hydrogens (primary N) is 1. The fraction of sp³-hybridized carbons (Fsp3) is 0.333. The van der Waals surface area contributed by atoms with Crippen LogP contribution in [0.3, 0.4) is 0 Å². The number of ether oxygens (including phenoxy) is 1. The van der Waals surface area contributed by atoms with E-state index in [1.807, 2.05) is 0 Å². The number of aromatic nitrogens is 1. The van der Waals surface area contributed by atoms with E-state index in [0.29, 0.717) is 6.07 Å². The average Bonchev–Trinajstić information content (AvgIpc) is 2.25. The maximum absolute atomic E-state index is 12.7. The van der Waals surface area contributed by atoms with Crippen molar-refractivity contribution in [3.63, 3.8) is 0 Å². The van der Waals surface area contributed by atoms with Gasteiger partial charge in [-0.3, -0.25) is 0 Å². The number of nitriles is 1. The first-order chi connectivity index (χ1) is 8.28. The molecule has 18 heavy (non-hydrogen) atoms. The van der Waals surface area contributed by atoms with Gasteiger partial charge in [0, 0.05) is 12.6 Å². The molecule has 98 valence electrons. The minimum Gasteiger partial charge on any atom is -0.405 e. The molecule has 0 unspecified atom stereocenters. The van der Waals surface area contributed by atoms with E-state index >= 15 is 0 Å². The minimum atomic E-state index is -5.15.